The van der Waals surface area contributed by atoms with Gasteiger partial charge in [-0.15, -0.1) is 0 Å². The van der Waals surface area contributed by atoms with Crippen LogP contribution in [0, 0.1) is 0 Å². The fraction of sp³-hybridized carbons (Fsp3) is 0.227. The summed E-state index contributed by atoms with van der Waals surface area (Å²) in [5.74, 6) is -0.505. The minimum absolute atomic E-state index is 0.0944. The number of carbonyl (C=O) groups excluding carboxylic acids is 2. The lowest BCUT2D eigenvalue weighted by Gasteiger charge is -2.15. The molecule has 2 aromatic carbocycles. The van der Waals surface area contributed by atoms with Crippen LogP contribution in [0.1, 0.15) is 20.8 Å². The maximum atomic E-state index is 12.9. The molecule has 3 aromatic rings. The molecule has 162 valence electrons. The molecule has 0 atom stereocenters. The van der Waals surface area contributed by atoms with E-state index >= 15 is 0 Å². The molecular formula is C22H22N2O7. The van der Waals surface area contributed by atoms with Crippen LogP contribution in [-0.4, -0.2) is 57.3 Å². The molecule has 9 heteroatoms. The van der Waals surface area contributed by atoms with Crippen LogP contribution in [0.15, 0.2) is 42.5 Å². The zero-order chi connectivity index (χ0) is 22.5. The molecule has 1 aromatic heterocycles. The van der Waals surface area contributed by atoms with Gasteiger partial charge in [-0.25, -0.2) is 14.3 Å². The maximum Gasteiger partial charge on any atom is 0.357 e. The zero-order valence-corrected chi connectivity index (χ0v) is 17.8. The molecule has 0 N–H and O–H groups in total. The van der Waals surface area contributed by atoms with Gasteiger partial charge >= 0.3 is 11.9 Å². The van der Waals surface area contributed by atoms with Crippen molar-refractivity contribution in [2.24, 2.45) is 0 Å². The number of hydrogen-bond donors (Lipinski definition) is 0. The van der Waals surface area contributed by atoms with Crippen molar-refractivity contribution < 1.29 is 33.3 Å². The van der Waals surface area contributed by atoms with E-state index in [4.69, 9.17) is 23.7 Å². The molecule has 31 heavy (non-hydrogen) atoms. The van der Waals surface area contributed by atoms with Gasteiger partial charge in [0.1, 0.15) is 17.0 Å². The van der Waals surface area contributed by atoms with Crippen LogP contribution in [0.2, 0.25) is 0 Å². The van der Waals surface area contributed by atoms with Crippen molar-refractivity contribution in [2.75, 3.05) is 35.5 Å². The van der Waals surface area contributed by atoms with Crippen LogP contribution < -0.4 is 14.2 Å². The largest absolute Gasteiger partial charge is 0.496 e. The number of esters is 2. The monoisotopic (exact) mass is 426 g/mol. The number of methoxy groups -OCH3 is 5. The molecule has 0 aliphatic carbocycles. The van der Waals surface area contributed by atoms with E-state index in [0.29, 0.717) is 22.7 Å². The summed E-state index contributed by atoms with van der Waals surface area (Å²) in [6.07, 6.45) is 0. The van der Waals surface area contributed by atoms with Gasteiger partial charge in [0.15, 0.2) is 17.2 Å². The van der Waals surface area contributed by atoms with Crippen molar-refractivity contribution >= 4 is 11.9 Å². The number of nitrogens with zero attached hydrogens (tertiary/aromatic N) is 2. The van der Waals surface area contributed by atoms with E-state index in [9.17, 15) is 9.59 Å². The van der Waals surface area contributed by atoms with Gasteiger partial charge in [-0.05, 0) is 24.3 Å². The molecule has 3 rings (SSSR count). The molecule has 0 saturated heterocycles. The second kappa shape index (κ2) is 9.21. The minimum Gasteiger partial charge on any atom is -0.496 e. The lowest BCUT2D eigenvalue weighted by molar-refractivity contribution is 0.0549. The van der Waals surface area contributed by atoms with Gasteiger partial charge in [-0.1, -0.05) is 18.2 Å². The summed E-state index contributed by atoms with van der Waals surface area (Å²) < 4.78 is 27.7. The number of aromatic nitrogens is 2. The Morgan fingerprint density at radius 3 is 1.94 bits per heavy atom. The van der Waals surface area contributed by atoms with Crippen molar-refractivity contribution in [3.05, 3.63) is 53.7 Å². The topological polar surface area (TPSA) is 98.1 Å². The Labute approximate surface area is 179 Å². The molecule has 0 saturated carbocycles. The fourth-order valence-corrected chi connectivity index (χ4v) is 3.23. The molecular weight excluding hydrogens is 404 g/mol. The van der Waals surface area contributed by atoms with Crippen LogP contribution in [0.3, 0.4) is 0 Å². The van der Waals surface area contributed by atoms with E-state index in [-0.39, 0.29) is 22.7 Å². The summed E-state index contributed by atoms with van der Waals surface area (Å²) in [5, 5.41) is 4.58. The number of ether oxygens (including phenoxy) is 5. The molecule has 0 aliphatic rings. The van der Waals surface area contributed by atoms with E-state index in [0.717, 1.165) is 0 Å². The summed E-state index contributed by atoms with van der Waals surface area (Å²) in [5.41, 5.74) is 0.791. The van der Waals surface area contributed by atoms with Gasteiger partial charge in [0.25, 0.3) is 0 Å². The van der Waals surface area contributed by atoms with Gasteiger partial charge in [-0.2, -0.15) is 5.10 Å². The van der Waals surface area contributed by atoms with E-state index in [1.54, 1.807) is 36.4 Å². The molecule has 0 unspecified atom stereocenters. The smallest absolute Gasteiger partial charge is 0.357 e. The summed E-state index contributed by atoms with van der Waals surface area (Å²) >= 11 is 0. The normalized spacial score (nSPS) is 10.4. The number of rotatable bonds is 7. The highest BCUT2D eigenvalue weighted by Crippen LogP contribution is 2.46. The van der Waals surface area contributed by atoms with E-state index in [1.165, 1.54) is 40.2 Å². The van der Waals surface area contributed by atoms with Crippen LogP contribution >= 0.6 is 0 Å². The Morgan fingerprint density at radius 1 is 0.774 bits per heavy atom. The van der Waals surface area contributed by atoms with Crippen LogP contribution in [0.5, 0.6) is 17.2 Å². The maximum absolute atomic E-state index is 12.9. The first kappa shape index (κ1) is 21.7. The third-order valence-electron chi connectivity index (χ3n) is 4.62. The molecule has 0 fully saturated rings. The first-order valence-corrected chi connectivity index (χ1v) is 9.16. The van der Waals surface area contributed by atoms with Crippen LogP contribution in [-0.2, 0) is 9.47 Å². The van der Waals surface area contributed by atoms with Crippen molar-refractivity contribution in [1.82, 2.24) is 9.78 Å². The first-order valence-electron chi connectivity index (χ1n) is 9.16. The predicted octanol–water partition coefficient (Wildman–Crippen LogP) is 3.14. The van der Waals surface area contributed by atoms with E-state index in [1.807, 2.05) is 6.07 Å². The van der Waals surface area contributed by atoms with E-state index in [2.05, 4.69) is 5.10 Å². The average Bonchev–Trinajstić information content (AvgIpc) is 3.22. The second-order valence-electron chi connectivity index (χ2n) is 6.18. The Kier molecular flexibility index (Phi) is 6.44. The molecule has 1 heterocycles. The third-order valence-corrected chi connectivity index (χ3v) is 4.62. The zero-order valence-electron chi connectivity index (χ0n) is 17.8. The highest BCUT2D eigenvalue weighted by Gasteiger charge is 2.34. The fourth-order valence-electron chi connectivity index (χ4n) is 3.23. The summed E-state index contributed by atoms with van der Waals surface area (Å²) in [7, 11) is 6.84. The molecule has 0 amide bonds. The van der Waals surface area contributed by atoms with Crippen LogP contribution in [0.4, 0.5) is 0 Å². The van der Waals surface area contributed by atoms with Crippen molar-refractivity contribution in [3.8, 4) is 34.2 Å². The standard InChI is InChI=1S/C22H22N2O7/c1-27-14-11-12-15(28-2)20(29-3)16(14)18-17(21(25)30-4)19(22(26)31-5)24(23-18)13-9-7-6-8-10-13/h6-12H,1-5H3. The predicted molar refractivity (Wildman–Crippen MR) is 111 cm³/mol. The van der Waals surface area contributed by atoms with Crippen LogP contribution in [0.25, 0.3) is 16.9 Å². The molecule has 0 radical (unpaired) electrons. The molecule has 0 spiro atoms. The Balaban J connectivity index is 2.49. The SMILES string of the molecule is COC(=O)c1c(-c2c(OC)ccc(OC)c2OC)nn(-c2ccccc2)c1C(=O)OC. The summed E-state index contributed by atoms with van der Waals surface area (Å²) in [6.45, 7) is 0. The summed E-state index contributed by atoms with van der Waals surface area (Å²) in [4.78, 5) is 25.6. The number of hydrogen-bond acceptors (Lipinski definition) is 8. The Bertz CT molecular complexity index is 1110. The lowest BCUT2D eigenvalue weighted by Crippen LogP contribution is -2.15. The molecule has 9 nitrogen and oxygen atoms in total. The second-order valence-corrected chi connectivity index (χ2v) is 6.18. The Morgan fingerprint density at radius 2 is 1.39 bits per heavy atom. The summed E-state index contributed by atoms with van der Waals surface area (Å²) in [6, 6.07) is 12.2. The molecule has 0 bridgehead atoms. The van der Waals surface area contributed by atoms with Gasteiger partial charge in [0.2, 0.25) is 0 Å². The van der Waals surface area contributed by atoms with Gasteiger partial charge < -0.3 is 23.7 Å². The average molecular weight is 426 g/mol. The van der Waals surface area contributed by atoms with Gasteiger partial charge in [0.05, 0.1) is 46.8 Å². The number of carbonyl (C=O) groups is 2. The number of para-hydroxylation sites is 1. The molecule has 0 aliphatic heterocycles. The number of benzene rings is 2. The van der Waals surface area contributed by atoms with Crippen molar-refractivity contribution in [2.45, 2.75) is 0 Å². The highest BCUT2D eigenvalue weighted by molar-refractivity contribution is 6.07. The minimum atomic E-state index is -0.774. The van der Waals surface area contributed by atoms with E-state index < -0.39 is 11.9 Å². The van der Waals surface area contributed by atoms with Crippen molar-refractivity contribution in [1.29, 1.82) is 0 Å². The van der Waals surface area contributed by atoms with Gasteiger partial charge in [-0.3, -0.25) is 0 Å². The lowest BCUT2D eigenvalue weighted by atomic mass is 10.0. The third kappa shape index (κ3) is 3.77. The highest BCUT2D eigenvalue weighted by atomic mass is 16.5. The first-order chi connectivity index (χ1) is 15.0. The quantitative estimate of drug-likeness (QED) is 0.532. The van der Waals surface area contributed by atoms with Gasteiger partial charge in [0, 0.05) is 0 Å². The Hall–Kier alpha value is -4.01. The van der Waals surface area contributed by atoms with Crippen molar-refractivity contribution in [3.63, 3.8) is 0 Å².